The van der Waals surface area contributed by atoms with Gasteiger partial charge in [0.2, 0.25) is 0 Å². The van der Waals surface area contributed by atoms with Crippen LogP contribution in [0.5, 0.6) is 5.75 Å². The highest BCUT2D eigenvalue weighted by atomic mass is 16.5. The summed E-state index contributed by atoms with van der Waals surface area (Å²) in [5.74, 6) is -0.906. The van der Waals surface area contributed by atoms with Gasteiger partial charge in [0, 0.05) is 5.56 Å². The van der Waals surface area contributed by atoms with Crippen molar-refractivity contribution in [1.82, 2.24) is 5.32 Å². The predicted molar refractivity (Wildman–Crippen MR) is 135 cm³/mol. The zero-order valence-corrected chi connectivity index (χ0v) is 19.0. The first-order valence-corrected chi connectivity index (χ1v) is 11.2. The number of hydrogen-bond acceptors (Lipinski definition) is 4. The SMILES string of the molecule is Cc1cccc(N2C(=O)NC(=O)/C(=C\c3c(OCc4ccccc4)ccc4ccccc34)C2=O)c1. The van der Waals surface area contributed by atoms with Crippen LogP contribution < -0.4 is 15.0 Å². The van der Waals surface area contributed by atoms with E-state index in [4.69, 9.17) is 4.74 Å². The molecule has 1 saturated heterocycles. The van der Waals surface area contributed by atoms with Crippen LogP contribution in [0.15, 0.2) is 96.6 Å². The largest absolute Gasteiger partial charge is 0.488 e. The van der Waals surface area contributed by atoms with Crippen molar-refractivity contribution in [3.8, 4) is 5.75 Å². The van der Waals surface area contributed by atoms with E-state index in [9.17, 15) is 14.4 Å². The summed E-state index contributed by atoms with van der Waals surface area (Å²) in [7, 11) is 0. The highest BCUT2D eigenvalue weighted by Gasteiger charge is 2.37. The van der Waals surface area contributed by atoms with Crippen molar-refractivity contribution in [2.45, 2.75) is 13.5 Å². The molecule has 0 spiro atoms. The minimum Gasteiger partial charge on any atom is -0.488 e. The smallest absolute Gasteiger partial charge is 0.335 e. The first kappa shape index (κ1) is 22.1. The summed E-state index contributed by atoms with van der Waals surface area (Å²) in [5.41, 5.74) is 2.71. The van der Waals surface area contributed by atoms with E-state index in [1.54, 1.807) is 18.2 Å². The van der Waals surface area contributed by atoms with Gasteiger partial charge >= 0.3 is 6.03 Å². The van der Waals surface area contributed by atoms with Gasteiger partial charge in [-0.25, -0.2) is 9.69 Å². The number of hydrogen-bond donors (Lipinski definition) is 1. The average Bonchev–Trinajstić information content (AvgIpc) is 2.86. The number of barbiturate groups is 1. The van der Waals surface area contributed by atoms with E-state index in [2.05, 4.69) is 5.32 Å². The predicted octanol–water partition coefficient (Wildman–Crippen LogP) is 5.39. The van der Waals surface area contributed by atoms with Crippen molar-refractivity contribution >= 4 is 40.4 Å². The van der Waals surface area contributed by atoms with Crippen molar-refractivity contribution in [2.75, 3.05) is 4.90 Å². The second-order valence-corrected chi connectivity index (χ2v) is 8.27. The number of ether oxygens (including phenoxy) is 1. The van der Waals surface area contributed by atoms with Crippen LogP contribution in [0.4, 0.5) is 10.5 Å². The Balaban J connectivity index is 1.59. The Morgan fingerprint density at radius 1 is 0.857 bits per heavy atom. The molecule has 4 amide bonds. The molecule has 1 aliphatic heterocycles. The highest BCUT2D eigenvalue weighted by Crippen LogP contribution is 2.32. The maximum absolute atomic E-state index is 13.4. The van der Waals surface area contributed by atoms with Crippen molar-refractivity contribution in [1.29, 1.82) is 0 Å². The number of carbonyl (C=O) groups is 3. The molecule has 6 nitrogen and oxygen atoms in total. The Labute approximate surface area is 202 Å². The maximum Gasteiger partial charge on any atom is 0.335 e. The van der Waals surface area contributed by atoms with Gasteiger partial charge < -0.3 is 4.74 Å². The van der Waals surface area contributed by atoms with Crippen LogP contribution in [0.1, 0.15) is 16.7 Å². The molecule has 1 heterocycles. The molecule has 1 aliphatic rings. The van der Waals surface area contributed by atoms with E-state index in [0.717, 1.165) is 26.8 Å². The minimum absolute atomic E-state index is 0.146. The van der Waals surface area contributed by atoms with Crippen LogP contribution in [0.3, 0.4) is 0 Å². The fourth-order valence-corrected chi connectivity index (χ4v) is 4.09. The summed E-state index contributed by atoms with van der Waals surface area (Å²) >= 11 is 0. The van der Waals surface area contributed by atoms with E-state index in [1.165, 1.54) is 6.08 Å². The second kappa shape index (κ2) is 9.27. The summed E-state index contributed by atoms with van der Waals surface area (Å²) in [6.45, 7) is 2.19. The Morgan fingerprint density at radius 2 is 1.63 bits per heavy atom. The summed E-state index contributed by atoms with van der Waals surface area (Å²) in [6, 6.07) is 27.4. The lowest BCUT2D eigenvalue weighted by Gasteiger charge is -2.26. The van der Waals surface area contributed by atoms with Crippen LogP contribution in [-0.4, -0.2) is 17.8 Å². The molecule has 0 saturated carbocycles. The molecule has 0 radical (unpaired) electrons. The Kier molecular flexibility index (Phi) is 5.85. The number of carbonyl (C=O) groups excluding carboxylic acids is 3. The molecule has 172 valence electrons. The number of nitrogens with one attached hydrogen (secondary N) is 1. The molecule has 0 unspecified atom stereocenters. The van der Waals surface area contributed by atoms with Gasteiger partial charge in [0.05, 0.1) is 5.69 Å². The standard InChI is InChI=1S/C29H22N2O4/c1-19-8-7-12-22(16-19)31-28(33)25(27(32)30-29(31)34)17-24-23-13-6-5-11-21(23)14-15-26(24)35-18-20-9-3-2-4-10-20/h2-17H,18H2,1H3,(H,30,32,34)/b25-17+. The lowest BCUT2D eigenvalue weighted by molar-refractivity contribution is -0.122. The van der Waals surface area contributed by atoms with E-state index in [-0.39, 0.29) is 5.57 Å². The molecule has 5 rings (SSSR count). The number of fused-ring (bicyclic) bond motifs is 1. The van der Waals surface area contributed by atoms with Crippen molar-refractivity contribution in [3.05, 3.63) is 113 Å². The van der Waals surface area contributed by atoms with Crippen LogP contribution >= 0.6 is 0 Å². The molecule has 0 bridgehead atoms. The van der Waals surface area contributed by atoms with Gasteiger partial charge in [0.1, 0.15) is 17.9 Å². The van der Waals surface area contributed by atoms with Gasteiger partial charge in [-0.1, -0.05) is 72.8 Å². The number of imide groups is 2. The summed E-state index contributed by atoms with van der Waals surface area (Å²) in [5, 5.41) is 4.05. The number of anilines is 1. The Bertz CT molecular complexity index is 1490. The first-order chi connectivity index (χ1) is 17.0. The third-order valence-electron chi connectivity index (χ3n) is 5.82. The molecule has 4 aromatic rings. The summed E-state index contributed by atoms with van der Waals surface area (Å²) in [4.78, 5) is 39.8. The van der Waals surface area contributed by atoms with E-state index < -0.39 is 17.8 Å². The van der Waals surface area contributed by atoms with Gasteiger partial charge in [-0.05, 0) is 53.1 Å². The van der Waals surface area contributed by atoms with Crippen LogP contribution in [0.2, 0.25) is 0 Å². The zero-order valence-electron chi connectivity index (χ0n) is 19.0. The lowest BCUT2D eigenvalue weighted by Crippen LogP contribution is -2.54. The minimum atomic E-state index is -0.777. The number of amides is 4. The van der Waals surface area contributed by atoms with E-state index in [0.29, 0.717) is 23.6 Å². The third kappa shape index (κ3) is 4.42. The van der Waals surface area contributed by atoms with E-state index in [1.807, 2.05) is 79.7 Å². The summed E-state index contributed by atoms with van der Waals surface area (Å²) < 4.78 is 6.12. The van der Waals surface area contributed by atoms with Crippen LogP contribution in [-0.2, 0) is 16.2 Å². The quantitative estimate of drug-likeness (QED) is 0.319. The molecule has 0 aromatic heterocycles. The summed E-state index contributed by atoms with van der Waals surface area (Å²) in [6.07, 6.45) is 1.51. The molecule has 0 aliphatic carbocycles. The fraction of sp³-hybridized carbons (Fsp3) is 0.0690. The normalized spacial score (nSPS) is 14.9. The van der Waals surface area contributed by atoms with Gasteiger partial charge in [-0.15, -0.1) is 0 Å². The number of nitrogens with zero attached hydrogens (tertiary/aromatic N) is 1. The van der Waals surface area contributed by atoms with Crippen LogP contribution in [0.25, 0.3) is 16.8 Å². The maximum atomic E-state index is 13.4. The van der Waals surface area contributed by atoms with Gasteiger partial charge in [0.25, 0.3) is 11.8 Å². The number of aryl methyl sites for hydroxylation is 1. The second-order valence-electron chi connectivity index (χ2n) is 8.27. The van der Waals surface area contributed by atoms with Gasteiger partial charge in [-0.3, -0.25) is 14.9 Å². The number of urea groups is 1. The van der Waals surface area contributed by atoms with E-state index >= 15 is 0 Å². The Morgan fingerprint density at radius 3 is 2.43 bits per heavy atom. The highest BCUT2D eigenvalue weighted by molar-refractivity contribution is 6.39. The van der Waals surface area contributed by atoms with Crippen LogP contribution in [0, 0.1) is 6.92 Å². The lowest BCUT2D eigenvalue weighted by atomic mass is 9.99. The monoisotopic (exact) mass is 462 g/mol. The molecule has 1 fully saturated rings. The fourth-order valence-electron chi connectivity index (χ4n) is 4.09. The Hall–Kier alpha value is -4.71. The first-order valence-electron chi connectivity index (χ1n) is 11.2. The topological polar surface area (TPSA) is 75.7 Å². The van der Waals surface area contributed by atoms with Crippen molar-refractivity contribution < 1.29 is 19.1 Å². The number of rotatable bonds is 5. The zero-order chi connectivity index (χ0) is 24.4. The molecule has 1 N–H and O–H groups in total. The van der Waals surface area contributed by atoms with Crippen molar-refractivity contribution in [2.24, 2.45) is 0 Å². The molecule has 0 atom stereocenters. The molecular weight excluding hydrogens is 440 g/mol. The van der Waals surface area contributed by atoms with Gasteiger partial charge in [-0.2, -0.15) is 0 Å². The molecular formula is C29H22N2O4. The van der Waals surface area contributed by atoms with Gasteiger partial charge in [0.15, 0.2) is 0 Å². The third-order valence-corrected chi connectivity index (χ3v) is 5.82. The molecule has 6 heteroatoms. The van der Waals surface area contributed by atoms with Crippen molar-refractivity contribution in [3.63, 3.8) is 0 Å². The number of benzene rings is 4. The molecule has 4 aromatic carbocycles. The molecule has 35 heavy (non-hydrogen) atoms. The average molecular weight is 463 g/mol.